The monoisotopic (exact) mass is 385 g/mol. The summed E-state index contributed by atoms with van der Waals surface area (Å²) >= 11 is 0. The SMILES string of the molecule is CN1C(=O)Cc2cc(S(=O)(=O)Nc3ccc(N4CCCCC4)cc3)ccc21. The van der Waals surface area contributed by atoms with Crippen molar-refractivity contribution in [2.45, 2.75) is 30.6 Å². The zero-order valence-corrected chi connectivity index (χ0v) is 16.1. The van der Waals surface area contributed by atoms with E-state index >= 15 is 0 Å². The number of fused-ring (bicyclic) bond motifs is 1. The standard InChI is InChI=1S/C20H23N3O3S/c1-22-19-10-9-18(13-15(19)14-20(22)24)27(25,26)21-16-5-7-17(8-6-16)23-11-3-2-4-12-23/h5-10,13,21H,2-4,11-12,14H2,1H3. The van der Waals surface area contributed by atoms with Gasteiger partial charge in [-0.1, -0.05) is 0 Å². The average Bonchev–Trinajstić information content (AvgIpc) is 2.96. The molecule has 27 heavy (non-hydrogen) atoms. The number of carbonyl (C=O) groups is 1. The summed E-state index contributed by atoms with van der Waals surface area (Å²) in [6.07, 6.45) is 3.91. The van der Waals surface area contributed by atoms with Crippen LogP contribution in [0, 0.1) is 0 Å². The highest BCUT2D eigenvalue weighted by Crippen LogP contribution is 2.30. The van der Waals surface area contributed by atoms with Crippen molar-refractivity contribution in [3.8, 4) is 0 Å². The van der Waals surface area contributed by atoms with Gasteiger partial charge in [-0.25, -0.2) is 8.42 Å². The molecule has 2 aliphatic rings. The van der Waals surface area contributed by atoms with E-state index in [-0.39, 0.29) is 17.2 Å². The van der Waals surface area contributed by atoms with E-state index in [1.807, 2.05) is 12.1 Å². The first kappa shape index (κ1) is 17.9. The normalized spacial score (nSPS) is 17.1. The number of rotatable bonds is 4. The zero-order chi connectivity index (χ0) is 19.0. The molecule has 1 amide bonds. The second-order valence-electron chi connectivity index (χ2n) is 7.12. The fourth-order valence-electron chi connectivity index (χ4n) is 3.72. The van der Waals surface area contributed by atoms with Gasteiger partial charge in [-0.15, -0.1) is 0 Å². The lowest BCUT2D eigenvalue weighted by Crippen LogP contribution is -2.29. The van der Waals surface area contributed by atoms with Gasteiger partial charge in [0.2, 0.25) is 5.91 Å². The zero-order valence-electron chi connectivity index (χ0n) is 15.3. The third kappa shape index (κ3) is 3.51. The number of sulfonamides is 1. The minimum absolute atomic E-state index is 0.0270. The summed E-state index contributed by atoms with van der Waals surface area (Å²) in [5.74, 6) is -0.0270. The number of benzene rings is 2. The molecule has 2 heterocycles. The van der Waals surface area contributed by atoms with Crippen LogP contribution in [0.15, 0.2) is 47.4 Å². The van der Waals surface area contributed by atoms with Crippen LogP contribution in [0.2, 0.25) is 0 Å². The lowest BCUT2D eigenvalue weighted by Gasteiger charge is -2.28. The molecule has 2 aromatic carbocycles. The number of hydrogen-bond donors (Lipinski definition) is 1. The number of anilines is 3. The maximum absolute atomic E-state index is 12.7. The smallest absolute Gasteiger partial charge is 0.261 e. The van der Waals surface area contributed by atoms with E-state index in [4.69, 9.17) is 0 Å². The molecule has 6 nitrogen and oxygen atoms in total. The Bertz CT molecular complexity index is 964. The van der Waals surface area contributed by atoms with E-state index in [1.165, 1.54) is 19.3 Å². The molecule has 0 bridgehead atoms. The number of nitrogens with zero attached hydrogens (tertiary/aromatic N) is 2. The van der Waals surface area contributed by atoms with E-state index in [0.717, 1.165) is 30.0 Å². The minimum Gasteiger partial charge on any atom is -0.372 e. The van der Waals surface area contributed by atoms with E-state index < -0.39 is 10.0 Å². The molecule has 2 aromatic rings. The summed E-state index contributed by atoms with van der Waals surface area (Å²) in [5.41, 5.74) is 3.16. The fourth-order valence-corrected chi connectivity index (χ4v) is 4.83. The third-order valence-corrected chi connectivity index (χ3v) is 6.66. The van der Waals surface area contributed by atoms with Gasteiger partial charge in [0, 0.05) is 37.2 Å². The summed E-state index contributed by atoms with van der Waals surface area (Å²) in [5, 5.41) is 0. The molecule has 0 saturated carbocycles. The van der Waals surface area contributed by atoms with Crippen LogP contribution in [0.3, 0.4) is 0 Å². The molecule has 0 aromatic heterocycles. The predicted molar refractivity (Wildman–Crippen MR) is 107 cm³/mol. The van der Waals surface area contributed by atoms with Crippen LogP contribution in [0.5, 0.6) is 0 Å². The highest BCUT2D eigenvalue weighted by molar-refractivity contribution is 7.92. The molecule has 4 rings (SSSR count). The van der Waals surface area contributed by atoms with Gasteiger partial charge < -0.3 is 9.80 Å². The Hall–Kier alpha value is -2.54. The molecule has 1 saturated heterocycles. The van der Waals surface area contributed by atoms with Crippen molar-refractivity contribution >= 4 is 33.0 Å². The van der Waals surface area contributed by atoms with Crippen LogP contribution in [0.1, 0.15) is 24.8 Å². The number of piperidine rings is 1. The summed E-state index contributed by atoms with van der Waals surface area (Å²) in [6, 6.07) is 12.3. The molecule has 0 atom stereocenters. The molecule has 142 valence electrons. The van der Waals surface area contributed by atoms with Crippen molar-refractivity contribution < 1.29 is 13.2 Å². The van der Waals surface area contributed by atoms with Crippen molar-refractivity contribution in [3.05, 3.63) is 48.0 Å². The van der Waals surface area contributed by atoms with Crippen LogP contribution in [-0.2, 0) is 21.2 Å². The molecule has 0 spiro atoms. The molecule has 1 fully saturated rings. The van der Waals surface area contributed by atoms with E-state index in [9.17, 15) is 13.2 Å². The van der Waals surface area contributed by atoms with Crippen LogP contribution in [0.4, 0.5) is 17.1 Å². The second-order valence-corrected chi connectivity index (χ2v) is 8.80. The Labute approximate surface area is 159 Å². The Morgan fingerprint density at radius 1 is 0.963 bits per heavy atom. The highest BCUT2D eigenvalue weighted by atomic mass is 32.2. The van der Waals surface area contributed by atoms with E-state index in [2.05, 4.69) is 9.62 Å². The van der Waals surface area contributed by atoms with Crippen molar-refractivity contribution in [2.24, 2.45) is 0 Å². The van der Waals surface area contributed by atoms with Gasteiger partial charge in [0.15, 0.2) is 0 Å². The van der Waals surface area contributed by atoms with Crippen LogP contribution < -0.4 is 14.5 Å². The van der Waals surface area contributed by atoms with Crippen molar-refractivity contribution in [1.29, 1.82) is 0 Å². The third-order valence-electron chi connectivity index (χ3n) is 5.28. The molecule has 0 unspecified atom stereocenters. The largest absolute Gasteiger partial charge is 0.372 e. The van der Waals surface area contributed by atoms with Gasteiger partial charge in [0.05, 0.1) is 11.3 Å². The lowest BCUT2D eigenvalue weighted by molar-refractivity contribution is -0.117. The van der Waals surface area contributed by atoms with Gasteiger partial charge in [-0.3, -0.25) is 9.52 Å². The fraction of sp³-hybridized carbons (Fsp3) is 0.350. The van der Waals surface area contributed by atoms with Crippen LogP contribution in [0.25, 0.3) is 0 Å². The number of hydrogen-bond acceptors (Lipinski definition) is 4. The first-order chi connectivity index (χ1) is 12.9. The minimum atomic E-state index is -3.70. The summed E-state index contributed by atoms with van der Waals surface area (Å²) in [4.78, 5) is 15.9. The van der Waals surface area contributed by atoms with Gasteiger partial charge in [-0.2, -0.15) is 0 Å². The maximum Gasteiger partial charge on any atom is 0.261 e. The Balaban J connectivity index is 1.52. The number of likely N-dealkylation sites (N-methyl/N-ethyl adjacent to an activating group) is 1. The average molecular weight is 385 g/mol. The molecule has 1 N–H and O–H groups in total. The number of nitrogens with one attached hydrogen (secondary N) is 1. The topological polar surface area (TPSA) is 69.7 Å². The molecule has 0 aliphatic carbocycles. The summed E-state index contributed by atoms with van der Waals surface area (Å²) in [7, 11) is -2.00. The Morgan fingerprint density at radius 2 is 1.67 bits per heavy atom. The summed E-state index contributed by atoms with van der Waals surface area (Å²) in [6.45, 7) is 2.10. The molecular weight excluding hydrogens is 362 g/mol. The quantitative estimate of drug-likeness (QED) is 0.878. The lowest BCUT2D eigenvalue weighted by atomic mass is 10.1. The predicted octanol–water partition coefficient (Wildman–Crippen LogP) is 3.00. The van der Waals surface area contributed by atoms with Crippen LogP contribution in [-0.4, -0.2) is 34.5 Å². The van der Waals surface area contributed by atoms with Gasteiger partial charge in [0.25, 0.3) is 10.0 Å². The van der Waals surface area contributed by atoms with E-state index in [1.54, 1.807) is 42.3 Å². The Kier molecular flexibility index (Phi) is 4.55. The first-order valence-corrected chi connectivity index (χ1v) is 10.7. The Morgan fingerprint density at radius 3 is 2.37 bits per heavy atom. The molecule has 0 radical (unpaired) electrons. The van der Waals surface area contributed by atoms with Crippen molar-refractivity contribution in [2.75, 3.05) is 34.7 Å². The number of carbonyl (C=O) groups excluding carboxylic acids is 1. The maximum atomic E-state index is 12.7. The highest BCUT2D eigenvalue weighted by Gasteiger charge is 2.26. The number of amides is 1. The molecular formula is C20H23N3O3S. The van der Waals surface area contributed by atoms with E-state index in [0.29, 0.717) is 5.69 Å². The van der Waals surface area contributed by atoms with Crippen molar-refractivity contribution in [3.63, 3.8) is 0 Å². The van der Waals surface area contributed by atoms with Crippen LogP contribution >= 0.6 is 0 Å². The molecule has 7 heteroatoms. The van der Waals surface area contributed by atoms with Gasteiger partial charge >= 0.3 is 0 Å². The molecule has 2 aliphatic heterocycles. The van der Waals surface area contributed by atoms with Crippen molar-refractivity contribution in [1.82, 2.24) is 0 Å². The van der Waals surface area contributed by atoms with Gasteiger partial charge in [-0.05, 0) is 67.3 Å². The second kappa shape index (κ2) is 6.88. The first-order valence-electron chi connectivity index (χ1n) is 9.21. The van der Waals surface area contributed by atoms with Gasteiger partial charge in [0.1, 0.15) is 0 Å². The summed E-state index contributed by atoms with van der Waals surface area (Å²) < 4.78 is 28.1.